The number of hydrogen-bond donors (Lipinski definition) is 0. The molecule has 0 aromatic carbocycles. The summed E-state index contributed by atoms with van der Waals surface area (Å²) in [4.78, 5) is 0. The van der Waals surface area contributed by atoms with Gasteiger partial charge in [-0.05, 0) is 30.2 Å². The molecule has 3 heteroatoms. The molecule has 0 atom stereocenters. The smallest absolute Gasteiger partial charge is 0.137 e. The molecule has 13 heavy (non-hydrogen) atoms. The highest BCUT2D eigenvalue weighted by atomic mass is 28.2. The highest BCUT2D eigenvalue weighted by Crippen LogP contribution is 2.59. The molecule has 2 rings (SSSR count). The second-order valence-electron chi connectivity index (χ2n) is 4.38. The second-order valence-corrected chi connectivity index (χ2v) is 6.20. The summed E-state index contributed by atoms with van der Waals surface area (Å²) in [7, 11) is 4.34. The Morgan fingerprint density at radius 3 is 2.23 bits per heavy atom. The molecule has 2 aliphatic rings. The van der Waals surface area contributed by atoms with Gasteiger partial charge in [0.25, 0.3) is 0 Å². The summed E-state index contributed by atoms with van der Waals surface area (Å²) in [6.07, 6.45) is 7.17. The van der Waals surface area contributed by atoms with Gasteiger partial charge in [-0.15, -0.1) is 0 Å². The third-order valence-corrected chi connectivity index (χ3v) is 5.62. The van der Waals surface area contributed by atoms with E-state index in [1.165, 1.54) is 32.1 Å². The molecule has 2 bridgehead atoms. The van der Waals surface area contributed by atoms with Gasteiger partial charge in [0.05, 0.1) is 0 Å². The lowest BCUT2D eigenvalue weighted by Gasteiger charge is -2.28. The Morgan fingerprint density at radius 2 is 1.85 bits per heavy atom. The molecule has 2 fully saturated rings. The van der Waals surface area contributed by atoms with Crippen LogP contribution in [0.2, 0.25) is 5.04 Å². The van der Waals surface area contributed by atoms with Gasteiger partial charge in [0.15, 0.2) is 0 Å². The fourth-order valence-electron chi connectivity index (χ4n) is 2.86. The fraction of sp³-hybridized carbons (Fsp3) is 1.00. The molecule has 0 aromatic heterocycles. The van der Waals surface area contributed by atoms with Crippen LogP contribution >= 0.6 is 0 Å². The van der Waals surface area contributed by atoms with Crippen molar-refractivity contribution in [1.82, 2.24) is 0 Å². The van der Waals surface area contributed by atoms with Gasteiger partial charge in [0.2, 0.25) is 0 Å². The molecular weight excluding hydrogens is 180 g/mol. The summed E-state index contributed by atoms with van der Waals surface area (Å²) in [5, 5.41) is 0.612. The predicted molar refractivity (Wildman–Crippen MR) is 52.8 cm³/mol. The van der Waals surface area contributed by atoms with Gasteiger partial charge in [0.1, 0.15) is 15.4 Å². The summed E-state index contributed by atoms with van der Waals surface area (Å²) in [5.74, 6) is 1.08. The van der Waals surface area contributed by atoms with E-state index < -0.39 is 0 Å². The summed E-state index contributed by atoms with van der Waals surface area (Å²) >= 11 is 0. The molecule has 0 aliphatic heterocycles. The first kappa shape index (κ1) is 9.68. The van der Waals surface area contributed by atoms with Gasteiger partial charge in [-0.1, -0.05) is 12.8 Å². The van der Waals surface area contributed by atoms with Crippen molar-refractivity contribution in [3.63, 3.8) is 0 Å². The van der Waals surface area contributed by atoms with E-state index in [2.05, 4.69) is 0 Å². The minimum atomic E-state index is 0.0526. The lowest BCUT2D eigenvalue weighted by molar-refractivity contribution is -0.0460. The van der Waals surface area contributed by atoms with E-state index in [1.54, 1.807) is 14.2 Å². The van der Waals surface area contributed by atoms with Crippen molar-refractivity contribution in [2.75, 3.05) is 14.2 Å². The van der Waals surface area contributed by atoms with Crippen LogP contribution in [0.3, 0.4) is 0 Å². The Hall–Kier alpha value is 0.137. The van der Waals surface area contributed by atoms with Crippen LogP contribution in [0.15, 0.2) is 0 Å². The van der Waals surface area contributed by atoms with E-state index in [9.17, 15) is 0 Å². The average molecular weight is 198 g/mol. The van der Waals surface area contributed by atoms with Crippen LogP contribution in [0.25, 0.3) is 0 Å². The van der Waals surface area contributed by atoms with E-state index in [0.29, 0.717) is 5.04 Å². The van der Waals surface area contributed by atoms with Crippen LogP contribution < -0.4 is 0 Å². The van der Waals surface area contributed by atoms with Crippen LogP contribution in [0.5, 0.6) is 0 Å². The third kappa shape index (κ3) is 1.83. The first-order valence-corrected chi connectivity index (χ1v) is 6.19. The molecule has 2 saturated carbocycles. The van der Waals surface area contributed by atoms with E-state index in [-0.39, 0.29) is 5.91 Å². The second kappa shape index (κ2) is 3.71. The van der Waals surface area contributed by atoms with Crippen molar-refractivity contribution in [3.8, 4) is 0 Å². The zero-order chi connectivity index (χ0) is 9.31. The number of ether oxygens (including phenoxy) is 2. The molecule has 0 N–H and O–H groups in total. The molecule has 0 saturated heterocycles. The van der Waals surface area contributed by atoms with Crippen LogP contribution in [-0.4, -0.2) is 29.7 Å². The molecule has 0 unspecified atom stereocenters. The third-order valence-electron chi connectivity index (χ3n) is 3.59. The monoisotopic (exact) mass is 198 g/mol. The van der Waals surface area contributed by atoms with Crippen LogP contribution in [0.1, 0.15) is 32.1 Å². The van der Waals surface area contributed by atoms with E-state index in [0.717, 1.165) is 15.4 Å². The fourth-order valence-corrected chi connectivity index (χ4v) is 4.58. The zero-order valence-electron chi connectivity index (χ0n) is 8.51. The number of methoxy groups -OCH3 is 2. The molecule has 0 aromatic rings. The van der Waals surface area contributed by atoms with Crippen molar-refractivity contribution < 1.29 is 9.47 Å². The normalized spacial score (nSPS) is 37.6. The minimum absolute atomic E-state index is 0.0526. The lowest BCUT2D eigenvalue weighted by Crippen LogP contribution is -2.30. The maximum atomic E-state index is 5.30. The largest absolute Gasteiger partial charge is 0.360 e. The Morgan fingerprint density at radius 1 is 1.23 bits per heavy atom. The standard InChI is InChI=1S/C10H18O2Si/c1-11-9(12-2)13-10-5-3-8(7-10)4-6-10/h8-9H,3-7H2,1-2H3. The van der Waals surface area contributed by atoms with Crippen LogP contribution in [-0.2, 0) is 9.47 Å². The summed E-state index contributed by atoms with van der Waals surface area (Å²) < 4.78 is 10.6. The zero-order valence-corrected chi connectivity index (χ0v) is 9.51. The van der Waals surface area contributed by atoms with E-state index in [4.69, 9.17) is 9.47 Å². The maximum absolute atomic E-state index is 5.30. The first-order valence-electron chi connectivity index (χ1n) is 5.11. The number of rotatable bonds is 4. The van der Waals surface area contributed by atoms with Gasteiger partial charge < -0.3 is 9.47 Å². The highest BCUT2D eigenvalue weighted by molar-refractivity contribution is 6.41. The molecule has 2 aliphatic carbocycles. The van der Waals surface area contributed by atoms with Gasteiger partial charge in [-0.3, -0.25) is 0 Å². The highest BCUT2D eigenvalue weighted by Gasteiger charge is 2.46. The van der Waals surface area contributed by atoms with Crippen molar-refractivity contribution in [1.29, 1.82) is 0 Å². The summed E-state index contributed by atoms with van der Waals surface area (Å²) in [6, 6.07) is 0. The Balaban J connectivity index is 1.92. The lowest BCUT2D eigenvalue weighted by atomic mass is 10.0. The van der Waals surface area contributed by atoms with Gasteiger partial charge in [-0.25, -0.2) is 0 Å². The van der Waals surface area contributed by atoms with E-state index >= 15 is 0 Å². The first-order chi connectivity index (χ1) is 6.28. The molecule has 0 spiro atoms. The van der Waals surface area contributed by atoms with Crippen molar-refractivity contribution in [2.24, 2.45) is 5.92 Å². The molecule has 0 amide bonds. The predicted octanol–water partition coefficient (Wildman–Crippen LogP) is 2.02. The number of hydrogen-bond acceptors (Lipinski definition) is 2. The summed E-state index contributed by atoms with van der Waals surface area (Å²) in [5.41, 5.74) is 0. The number of fused-ring (bicyclic) bond motifs is 2. The van der Waals surface area contributed by atoms with Crippen LogP contribution in [0, 0.1) is 5.92 Å². The molecule has 0 heterocycles. The SMILES string of the molecule is COC(OC)[Si]C12CCC(CC1)C2. The van der Waals surface area contributed by atoms with Crippen molar-refractivity contribution in [2.45, 2.75) is 43.1 Å². The Kier molecular flexibility index (Phi) is 2.77. The maximum Gasteiger partial charge on any atom is 0.137 e. The van der Waals surface area contributed by atoms with Gasteiger partial charge in [0, 0.05) is 14.2 Å². The van der Waals surface area contributed by atoms with Crippen LogP contribution in [0.4, 0.5) is 0 Å². The van der Waals surface area contributed by atoms with Crippen molar-refractivity contribution >= 4 is 9.52 Å². The van der Waals surface area contributed by atoms with Crippen molar-refractivity contribution in [3.05, 3.63) is 0 Å². The summed E-state index contributed by atoms with van der Waals surface area (Å²) in [6.45, 7) is 0. The van der Waals surface area contributed by atoms with Gasteiger partial charge >= 0.3 is 0 Å². The topological polar surface area (TPSA) is 18.5 Å². The Bertz CT molecular complexity index is 172. The van der Waals surface area contributed by atoms with Gasteiger partial charge in [-0.2, -0.15) is 0 Å². The van der Waals surface area contributed by atoms with E-state index in [1.807, 2.05) is 0 Å². The molecule has 74 valence electrons. The molecule has 2 nitrogen and oxygen atoms in total. The Labute approximate surface area is 82.8 Å². The quantitative estimate of drug-likeness (QED) is 0.508. The average Bonchev–Trinajstić information content (AvgIpc) is 2.74. The minimum Gasteiger partial charge on any atom is -0.360 e. The molecule has 2 radical (unpaired) electrons. The molecular formula is C10H18O2Si.